The summed E-state index contributed by atoms with van der Waals surface area (Å²) in [4.78, 5) is 11.2. The number of carbonyl (C=O) groups excluding carboxylic acids is 1. The van der Waals surface area contributed by atoms with Gasteiger partial charge in [-0.3, -0.25) is 0 Å². The van der Waals surface area contributed by atoms with E-state index in [0.717, 1.165) is 11.1 Å². The molecule has 15 heavy (non-hydrogen) atoms. The molecule has 1 aliphatic heterocycles. The van der Waals surface area contributed by atoms with Crippen molar-refractivity contribution >= 4 is 11.7 Å². The Morgan fingerprint density at radius 3 is 3.13 bits per heavy atom. The Kier molecular flexibility index (Phi) is 2.46. The van der Waals surface area contributed by atoms with Crippen molar-refractivity contribution in [1.82, 2.24) is 0 Å². The molecule has 0 radical (unpaired) electrons. The second kappa shape index (κ2) is 3.77. The molecule has 0 N–H and O–H groups in total. The van der Waals surface area contributed by atoms with Gasteiger partial charge in [-0.05, 0) is 19.1 Å². The largest absolute Gasteiger partial charge is 0.494 e. The normalized spacial score (nSPS) is 13.3. The monoisotopic (exact) mass is 204 g/mol. The topological polar surface area (TPSA) is 35.5 Å². The summed E-state index contributed by atoms with van der Waals surface area (Å²) in [6, 6.07) is 5.46. The van der Waals surface area contributed by atoms with E-state index in [1.165, 1.54) is 0 Å². The first-order valence-corrected chi connectivity index (χ1v) is 4.84. The van der Waals surface area contributed by atoms with E-state index in [2.05, 4.69) is 6.58 Å². The molecule has 3 heteroatoms. The molecule has 0 spiro atoms. The van der Waals surface area contributed by atoms with E-state index in [0.29, 0.717) is 24.5 Å². The van der Waals surface area contributed by atoms with Crippen molar-refractivity contribution in [3.05, 3.63) is 41.5 Å². The molecule has 0 unspecified atom stereocenters. The number of rotatable bonds is 3. The van der Waals surface area contributed by atoms with Crippen LogP contribution >= 0.6 is 0 Å². The summed E-state index contributed by atoms with van der Waals surface area (Å²) in [5.41, 5.74) is 2.44. The third kappa shape index (κ3) is 1.73. The SMILES string of the molecule is C=C(OCC)c1ccc2c(c1)COC2=O. The van der Waals surface area contributed by atoms with Crippen LogP contribution < -0.4 is 0 Å². The second-order valence-corrected chi connectivity index (χ2v) is 3.30. The van der Waals surface area contributed by atoms with Gasteiger partial charge in [0.15, 0.2) is 0 Å². The predicted octanol–water partition coefficient (Wildman–Crippen LogP) is 2.36. The van der Waals surface area contributed by atoms with Crippen LogP contribution in [-0.4, -0.2) is 12.6 Å². The third-order valence-electron chi connectivity index (χ3n) is 2.32. The Hall–Kier alpha value is -1.77. The predicted molar refractivity (Wildman–Crippen MR) is 56.2 cm³/mol. The quantitative estimate of drug-likeness (QED) is 0.560. The number of fused-ring (bicyclic) bond motifs is 1. The van der Waals surface area contributed by atoms with Gasteiger partial charge in [0.05, 0.1) is 12.2 Å². The van der Waals surface area contributed by atoms with Crippen molar-refractivity contribution in [1.29, 1.82) is 0 Å². The van der Waals surface area contributed by atoms with Crippen LogP contribution in [0.4, 0.5) is 0 Å². The molecule has 1 aliphatic rings. The van der Waals surface area contributed by atoms with E-state index in [-0.39, 0.29) is 5.97 Å². The van der Waals surface area contributed by atoms with Crippen LogP contribution in [-0.2, 0) is 16.1 Å². The minimum absolute atomic E-state index is 0.251. The lowest BCUT2D eigenvalue weighted by Crippen LogP contribution is -1.95. The van der Waals surface area contributed by atoms with Crippen molar-refractivity contribution in [2.24, 2.45) is 0 Å². The fourth-order valence-electron chi connectivity index (χ4n) is 1.56. The molecule has 0 bridgehead atoms. The van der Waals surface area contributed by atoms with E-state index in [9.17, 15) is 4.79 Å². The first-order valence-electron chi connectivity index (χ1n) is 4.84. The molecule has 1 heterocycles. The van der Waals surface area contributed by atoms with Crippen molar-refractivity contribution in [2.45, 2.75) is 13.5 Å². The van der Waals surface area contributed by atoms with Crippen molar-refractivity contribution in [3.63, 3.8) is 0 Å². The molecule has 1 aromatic carbocycles. The number of hydrogen-bond donors (Lipinski definition) is 0. The minimum atomic E-state index is -0.251. The summed E-state index contributed by atoms with van der Waals surface area (Å²) in [6.07, 6.45) is 0. The van der Waals surface area contributed by atoms with E-state index in [1.807, 2.05) is 19.1 Å². The first-order chi connectivity index (χ1) is 7.22. The maximum absolute atomic E-state index is 11.2. The summed E-state index contributed by atoms with van der Waals surface area (Å²) < 4.78 is 10.2. The maximum Gasteiger partial charge on any atom is 0.338 e. The van der Waals surface area contributed by atoms with Gasteiger partial charge in [-0.2, -0.15) is 0 Å². The van der Waals surface area contributed by atoms with Crippen LogP contribution in [0.3, 0.4) is 0 Å². The molecule has 2 rings (SSSR count). The van der Waals surface area contributed by atoms with Gasteiger partial charge in [-0.1, -0.05) is 12.6 Å². The average molecular weight is 204 g/mol. The Bertz CT molecular complexity index is 421. The lowest BCUT2D eigenvalue weighted by Gasteiger charge is -2.07. The van der Waals surface area contributed by atoms with Crippen LogP contribution in [0.25, 0.3) is 5.76 Å². The highest BCUT2D eigenvalue weighted by Crippen LogP contribution is 2.24. The second-order valence-electron chi connectivity index (χ2n) is 3.30. The Balaban J connectivity index is 2.30. The van der Waals surface area contributed by atoms with Crippen LogP contribution in [0, 0.1) is 0 Å². The van der Waals surface area contributed by atoms with E-state index in [4.69, 9.17) is 9.47 Å². The van der Waals surface area contributed by atoms with Gasteiger partial charge in [0, 0.05) is 11.1 Å². The molecule has 3 nitrogen and oxygen atoms in total. The zero-order valence-corrected chi connectivity index (χ0v) is 8.58. The maximum atomic E-state index is 11.2. The van der Waals surface area contributed by atoms with Gasteiger partial charge >= 0.3 is 5.97 Å². The number of carbonyl (C=O) groups is 1. The summed E-state index contributed by atoms with van der Waals surface area (Å²) in [5, 5.41) is 0. The lowest BCUT2D eigenvalue weighted by molar-refractivity contribution is 0.0535. The molecule has 0 aliphatic carbocycles. The number of hydrogen-bond acceptors (Lipinski definition) is 3. The summed E-state index contributed by atoms with van der Waals surface area (Å²) in [7, 11) is 0. The standard InChI is InChI=1S/C12H12O3/c1-3-14-8(2)9-4-5-11-10(6-9)7-15-12(11)13/h4-6H,2-3,7H2,1H3. The van der Waals surface area contributed by atoms with Gasteiger partial charge in [-0.15, -0.1) is 0 Å². The zero-order chi connectivity index (χ0) is 10.8. The van der Waals surface area contributed by atoms with Gasteiger partial charge in [0.1, 0.15) is 12.4 Å². The van der Waals surface area contributed by atoms with Crippen LogP contribution in [0.5, 0.6) is 0 Å². The number of ether oxygens (including phenoxy) is 2. The fraction of sp³-hybridized carbons (Fsp3) is 0.250. The molecule has 0 atom stereocenters. The van der Waals surface area contributed by atoms with Crippen molar-refractivity contribution < 1.29 is 14.3 Å². The summed E-state index contributed by atoms with van der Waals surface area (Å²) in [6.45, 7) is 6.66. The van der Waals surface area contributed by atoms with Gasteiger partial charge in [0.2, 0.25) is 0 Å². The van der Waals surface area contributed by atoms with Gasteiger partial charge in [-0.25, -0.2) is 4.79 Å². The van der Waals surface area contributed by atoms with Gasteiger partial charge in [0.25, 0.3) is 0 Å². The molecule has 78 valence electrons. The summed E-state index contributed by atoms with van der Waals surface area (Å²) >= 11 is 0. The fourth-order valence-corrected chi connectivity index (χ4v) is 1.56. The van der Waals surface area contributed by atoms with Crippen LogP contribution in [0.15, 0.2) is 24.8 Å². The van der Waals surface area contributed by atoms with E-state index in [1.54, 1.807) is 6.07 Å². The molecule has 1 aromatic rings. The number of cyclic esters (lactones) is 1. The Labute approximate surface area is 88.3 Å². The number of benzene rings is 1. The smallest absolute Gasteiger partial charge is 0.338 e. The summed E-state index contributed by atoms with van der Waals surface area (Å²) in [5.74, 6) is 0.373. The molecular formula is C12H12O3. The molecule has 0 amide bonds. The highest BCUT2D eigenvalue weighted by molar-refractivity contribution is 5.93. The average Bonchev–Trinajstić information content (AvgIpc) is 2.60. The molecule has 0 aromatic heterocycles. The third-order valence-corrected chi connectivity index (χ3v) is 2.32. The Morgan fingerprint density at radius 2 is 2.40 bits per heavy atom. The number of esters is 1. The van der Waals surface area contributed by atoms with Crippen LogP contribution in [0.1, 0.15) is 28.4 Å². The molecule has 0 saturated carbocycles. The highest BCUT2D eigenvalue weighted by Gasteiger charge is 2.21. The van der Waals surface area contributed by atoms with Crippen molar-refractivity contribution in [2.75, 3.05) is 6.61 Å². The van der Waals surface area contributed by atoms with Crippen LogP contribution in [0.2, 0.25) is 0 Å². The lowest BCUT2D eigenvalue weighted by atomic mass is 10.1. The first kappa shape index (κ1) is 9.77. The van der Waals surface area contributed by atoms with Gasteiger partial charge < -0.3 is 9.47 Å². The molecular weight excluding hydrogens is 192 g/mol. The molecule has 0 saturated heterocycles. The van der Waals surface area contributed by atoms with E-state index < -0.39 is 0 Å². The minimum Gasteiger partial charge on any atom is -0.494 e. The molecule has 0 fully saturated rings. The Morgan fingerprint density at radius 1 is 1.60 bits per heavy atom. The van der Waals surface area contributed by atoms with E-state index >= 15 is 0 Å². The zero-order valence-electron chi connectivity index (χ0n) is 8.58. The van der Waals surface area contributed by atoms with Crippen molar-refractivity contribution in [3.8, 4) is 0 Å². The highest BCUT2D eigenvalue weighted by atomic mass is 16.5.